The number of hydrogen-bond acceptors (Lipinski definition) is 2. The van der Waals surface area contributed by atoms with Crippen molar-refractivity contribution in [2.75, 3.05) is 0 Å². The van der Waals surface area contributed by atoms with Crippen molar-refractivity contribution >= 4 is 5.97 Å². The zero-order chi connectivity index (χ0) is 13.0. The van der Waals surface area contributed by atoms with Crippen LogP contribution in [-0.2, 0) is 4.74 Å². The highest BCUT2D eigenvalue weighted by Crippen LogP contribution is 2.21. The third kappa shape index (κ3) is 3.06. The van der Waals surface area contributed by atoms with E-state index in [1.54, 1.807) is 0 Å². The molecule has 98 valence electrons. The van der Waals surface area contributed by atoms with Gasteiger partial charge in [0.05, 0.1) is 5.56 Å². The number of ether oxygens (including phenoxy) is 1. The van der Waals surface area contributed by atoms with Gasteiger partial charge in [0.15, 0.2) is 11.6 Å². The van der Waals surface area contributed by atoms with Gasteiger partial charge in [-0.2, -0.15) is 0 Å². The molecule has 0 radical (unpaired) electrons. The Bertz CT molecular complexity index is 424. The summed E-state index contributed by atoms with van der Waals surface area (Å²) in [5, 5.41) is 0. The van der Waals surface area contributed by atoms with Crippen LogP contribution in [0, 0.1) is 11.6 Å². The zero-order valence-electron chi connectivity index (χ0n) is 10.1. The molecule has 18 heavy (non-hydrogen) atoms. The summed E-state index contributed by atoms with van der Waals surface area (Å²) < 4.78 is 31.7. The lowest BCUT2D eigenvalue weighted by atomic mass is 10.1. The first kappa shape index (κ1) is 13.0. The highest BCUT2D eigenvalue weighted by molar-refractivity contribution is 5.89. The lowest BCUT2D eigenvalue weighted by molar-refractivity contribution is 0.0261. The van der Waals surface area contributed by atoms with E-state index in [2.05, 4.69) is 0 Å². The molecule has 0 N–H and O–H groups in total. The number of carbonyl (C=O) groups is 1. The minimum absolute atomic E-state index is 0.164. The number of benzene rings is 1. The Morgan fingerprint density at radius 1 is 1.11 bits per heavy atom. The summed E-state index contributed by atoms with van der Waals surface area (Å²) >= 11 is 0. The van der Waals surface area contributed by atoms with Crippen molar-refractivity contribution in [1.29, 1.82) is 0 Å². The molecule has 1 aromatic rings. The van der Waals surface area contributed by atoms with Crippen molar-refractivity contribution in [2.45, 2.75) is 44.6 Å². The third-order valence-electron chi connectivity index (χ3n) is 3.25. The van der Waals surface area contributed by atoms with Crippen LogP contribution < -0.4 is 0 Å². The summed E-state index contributed by atoms with van der Waals surface area (Å²) in [5.41, 5.74) is -0.320. The molecule has 0 atom stereocenters. The van der Waals surface area contributed by atoms with Crippen molar-refractivity contribution in [3.05, 3.63) is 35.4 Å². The summed E-state index contributed by atoms with van der Waals surface area (Å²) in [6.07, 6.45) is 5.77. The van der Waals surface area contributed by atoms with Crippen molar-refractivity contribution in [3.8, 4) is 0 Å². The van der Waals surface area contributed by atoms with E-state index in [0.717, 1.165) is 44.6 Å². The van der Waals surface area contributed by atoms with Crippen molar-refractivity contribution < 1.29 is 18.3 Å². The predicted octanol–water partition coefficient (Wildman–Crippen LogP) is 3.84. The second-order valence-electron chi connectivity index (χ2n) is 4.62. The molecular weight excluding hydrogens is 238 g/mol. The first-order chi connectivity index (χ1) is 8.68. The van der Waals surface area contributed by atoms with E-state index in [1.807, 2.05) is 0 Å². The van der Waals surface area contributed by atoms with Crippen LogP contribution in [0.5, 0.6) is 0 Å². The molecule has 0 heterocycles. The van der Waals surface area contributed by atoms with Crippen LogP contribution in [0.1, 0.15) is 48.9 Å². The minimum Gasteiger partial charge on any atom is -0.459 e. The van der Waals surface area contributed by atoms with Crippen LogP contribution in [-0.4, -0.2) is 12.1 Å². The lowest BCUT2D eigenvalue weighted by Crippen LogP contribution is -2.18. The van der Waals surface area contributed by atoms with E-state index >= 15 is 0 Å². The maximum atomic E-state index is 13.4. The minimum atomic E-state index is -1.13. The Balaban J connectivity index is 2.04. The monoisotopic (exact) mass is 254 g/mol. The first-order valence-electron chi connectivity index (χ1n) is 6.33. The molecule has 2 rings (SSSR count). The van der Waals surface area contributed by atoms with Crippen LogP contribution >= 0.6 is 0 Å². The molecule has 1 aliphatic rings. The SMILES string of the molecule is O=C(OC1CCCCCC1)c1cccc(F)c1F. The maximum Gasteiger partial charge on any atom is 0.341 e. The topological polar surface area (TPSA) is 26.3 Å². The van der Waals surface area contributed by atoms with Crippen LogP contribution in [0.3, 0.4) is 0 Å². The number of rotatable bonds is 2. The van der Waals surface area contributed by atoms with Crippen LogP contribution in [0.25, 0.3) is 0 Å². The Hall–Kier alpha value is -1.45. The number of esters is 1. The largest absolute Gasteiger partial charge is 0.459 e. The Morgan fingerprint density at radius 3 is 2.44 bits per heavy atom. The van der Waals surface area contributed by atoms with Gasteiger partial charge < -0.3 is 4.74 Å². The van der Waals surface area contributed by atoms with Gasteiger partial charge in [0, 0.05) is 0 Å². The predicted molar refractivity (Wildman–Crippen MR) is 63.3 cm³/mol. The van der Waals surface area contributed by atoms with E-state index in [-0.39, 0.29) is 11.7 Å². The highest BCUT2D eigenvalue weighted by atomic mass is 19.2. The van der Waals surface area contributed by atoms with Gasteiger partial charge in [-0.15, -0.1) is 0 Å². The zero-order valence-corrected chi connectivity index (χ0v) is 10.1. The van der Waals surface area contributed by atoms with Gasteiger partial charge in [-0.05, 0) is 37.8 Å². The Labute approximate surface area is 105 Å². The molecule has 0 saturated heterocycles. The van der Waals surface area contributed by atoms with E-state index in [4.69, 9.17) is 4.74 Å². The molecule has 1 fully saturated rings. The van der Waals surface area contributed by atoms with E-state index in [0.29, 0.717) is 0 Å². The maximum absolute atomic E-state index is 13.4. The molecule has 1 aromatic carbocycles. The van der Waals surface area contributed by atoms with Gasteiger partial charge in [-0.1, -0.05) is 18.9 Å². The number of carbonyl (C=O) groups excluding carboxylic acids is 1. The third-order valence-corrected chi connectivity index (χ3v) is 3.25. The smallest absolute Gasteiger partial charge is 0.341 e. The molecular formula is C14H16F2O2. The van der Waals surface area contributed by atoms with Gasteiger partial charge in [-0.25, -0.2) is 13.6 Å². The first-order valence-corrected chi connectivity index (χ1v) is 6.33. The molecule has 0 bridgehead atoms. The molecule has 1 saturated carbocycles. The van der Waals surface area contributed by atoms with Crippen molar-refractivity contribution in [2.24, 2.45) is 0 Å². The van der Waals surface area contributed by atoms with Crippen molar-refractivity contribution in [3.63, 3.8) is 0 Å². The summed E-state index contributed by atoms with van der Waals surface area (Å²) in [4.78, 5) is 11.8. The fourth-order valence-electron chi connectivity index (χ4n) is 2.24. The van der Waals surface area contributed by atoms with Gasteiger partial charge in [-0.3, -0.25) is 0 Å². The second kappa shape index (κ2) is 5.94. The molecule has 0 unspecified atom stereocenters. The Kier molecular flexibility index (Phi) is 4.28. The summed E-state index contributed by atoms with van der Waals surface area (Å²) in [7, 11) is 0. The molecule has 0 aliphatic heterocycles. The van der Waals surface area contributed by atoms with Gasteiger partial charge >= 0.3 is 5.97 Å². The molecule has 1 aliphatic carbocycles. The van der Waals surface area contributed by atoms with Gasteiger partial charge in [0.25, 0.3) is 0 Å². The van der Waals surface area contributed by atoms with E-state index < -0.39 is 17.6 Å². The normalized spacial score (nSPS) is 17.2. The number of halogens is 2. The van der Waals surface area contributed by atoms with Gasteiger partial charge in [0.1, 0.15) is 6.10 Å². The molecule has 4 heteroatoms. The average molecular weight is 254 g/mol. The lowest BCUT2D eigenvalue weighted by Gasteiger charge is -2.15. The van der Waals surface area contributed by atoms with Crippen LogP contribution in [0.4, 0.5) is 8.78 Å². The second-order valence-corrected chi connectivity index (χ2v) is 4.62. The summed E-state index contributed by atoms with van der Waals surface area (Å²) in [5.74, 6) is -2.92. The number of hydrogen-bond donors (Lipinski definition) is 0. The summed E-state index contributed by atoms with van der Waals surface area (Å²) in [6.45, 7) is 0. The van der Waals surface area contributed by atoms with Crippen molar-refractivity contribution in [1.82, 2.24) is 0 Å². The molecule has 2 nitrogen and oxygen atoms in total. The quantitative estimate of drug-likeness (QED) is 0.592. The average Bonchev–Trinajstić information content (AvgIpc) is 2.61. The van der Waals surface area contributed by atoms with E-state index in [1.165, 1.54) is 12.1 Å². The van der Waals surface area contributed by atoms with E-state index in [9.17, 15) is 13.6 Å². The van der Waals surface area contributed by atoms with Crippen LogP contribution in [0.15, 0.2) is 18.2 Å². The Morgan fingerprint density at radius 2 is 1.78 bits per heavy atom. The fraction of sp³-hybridized carbons (Fsp3) is 0.500. The molecule has 0 aromatic heterocycles. The molecule has 0 amide bonds. The van der Waals surface area contributed by atoms with Gasteiger partial charge in [0.2, 0.25) is 0 Å². The standard InChI is InChI=1S/C14H16F2O2/c15-12-9-5-8-11(13(12)16)14(17)18-10-6-3-1-2-4-7-10/h5,8-10H,1-4,6-7H2. The van der Waals surface area contributed by atoms with Crippen LogP contribution in [0.2, 0.25) is 0 Å². The summed E-state index contributed by atoms with van der Waals surface area (Å²) in [6, 6.07) is 3.54. The fourth-order valence-corrected chi connectivity index (χ4v) is 2.24. The highest BCUT2D eigenvalue weighted by Gasteiger charge is 2.21. The molecule has 0 spiro atoms.